The van der Waals surface area contributed by atoms with E-state index in [1.54, 1.807) is 7.11 Å². The molecule has 3 N–H and O–H groups in total. The van der Waals surface area contributed by atoms with E-state index in [1.807, 2.05) is 29.9 Å². The van der Waals surface area contributed by atoms with Crippen LogP contribution in [0.4, 0.5) is 11.8 Å². The molecule has 0 bridgehead atoms. The minimum Gasteiger partial charge on any atom is -0.393 e. The van der Waals surface area contributed by atoms with E-state index in [-0.39, 0.29) is 12.1 Å². The molecule has 0 aromatic carbocycles. The fraction of sp³-hybridized carbons (Fsp3) is 0.560. The molecule has 0 unspecified atom stereocenters. The summed E-state index contributed by atoms with van der Waals surface area (Å²) in [5, 5.41) is 21.7. The average Bonchev–Trinajstić information content (AvgIpc) is 3.48. The molecule has 9 heteroatoms. The summed E-state index contributed by atoms with van der Waals surface area (Å²) in [4.78, 5) is 9.13. The summed E-state index contributed by atoms with van der Waals surface area (Å²) in [7, 11) is 1.69. The number of nitrogens with zero attached hydrogens (tertiary/aromatic N) is 4. The van der Waals surface area contributed by atoms with Crippen LogP contribution in [0, 0.1) is 0 Å². The Morgan fingerprint density at radius 3 is 2.82 bits per heavy atom. The minimum atomic E-state index is -0.197. The third-order valence-corrected chi connectivity index (χ3v) is 6.80. The molecule has 4 heterocycles. The van der Waals surface area contributed by atoms with E-state index in [0.29, 0.717) is 31.1 Å². The highest BCUT2D eigenvalue weighted by Gasteiger charge is 2.26. The van der Waals surface area contributed by atoms with Gasteiger partial charge in [-0.05, 0) is 62.8 Å². The standard InChI is InChI=1S/C25H34N6O3/c1-16(14-33-2)28-25-27-13-23-21(12-22(31(23)30-25)17-3-5-20(32)6-4-17)18-7-9-26-24(11-18)29-19-8-10-34-15-19/h7,9,11-13,16-17,19-20,32H,3-6,8,10,14-15H2,1-2H3,(H,26,29)(H,28,30)/t16-,17-,19+,20-/m0/s1. The highest BCUT2D eigenvalue weighted by atomic mass is 16.5. The number of nitrogens with one attached hydrogen (secondary N) is 2. The number of hydrogen-bond acceptors (Lipinski definition) is 8. The summed E-state index contributed by atoms with van der Waals surface area (Å²) >= 11 is 0. The molecule has 1 aliphatic carbocycles. The van der Waals surface area contributed by atoms with Crippen molar-refractivity contribution >= 4 is 17.3 Å². The first-order valence-corrected chi connectivity index (χ1v) is 12.2. The number of aliphatic hydroxyl groups is 1. The van der Waals surface area contributed by atoms with Crippen molar-refractivity contribution in [2.24, 2.45) is 0 Å². The lowest BCUT2D eigenvalue weighted by Gasteiger charge is -2.25. The molecular formula is C25H34N6O3. The Morgan fingerprint density at radius 1 is 1.21 bits per heavy atom. The first kappa shape index (κ1) is 23.0. The largest absolute Gasteiger partial charge is 0.393 e. The molecule has 1 aliphatic heterocycles. The molecule has 34 heavy (non-hydrogen) atoms. The van der Waals surface area contributed by atoms with Crippen molar-refractivity contribution in [1.29, 1.82) is 0 Å². The molecule has 2 atom stereocenters. The van der Waals surface area contributed by atoms with Gasteiger partial charge in [0, 0.05) is 43.1 Å². The summed E-state index contributed by atoms with van der Waals surface area (Å²) in [5.74, 6) is 1.77. The van der Waals surface area contributed by atoms with Crippen LogP contribution in [-0.4, -0.2) is 69.8 Å². The maximum absolute atomic E-state index is 10.0. The highest BCUT2D eigenvalue weighted by molar-refractivity contribution is 5.82. The SMILES string of the molecule is COC[C@H](C)Nc1ncc2c(-c3ccnc(N[C@@H]4CCOC4)c3)cc([C@H]3CC[C@H](O)CC3)n2n1. The van der Waals surface area contributed by atoms with Gasteiger partial charge in [0.15, 0.2) is 0 Å². The van der Waals surface area contributed by atoms with Crippen LogP contribution < -0.4 is 10.6 Å². The van der Waals surface area contributed by atoms with Crippen LogP contribution in [0.25, 0.3) is 16.6 Å². The number of methoxy groups -OCH3 is 1. The third kappa shape index (κ3) is 5.01. The van der Waals surface area contributed by atoms with Crippen molar-refractivity contribution in [1.82, 2.24) is 19.6 Å². The van der Waals surface area contributed by atoms with Crippen LogP contribution in [0.15, 0.2) is 30.6 Å². The monoisotopic (exact) mass is 466 g/mol. The zero-order valence-electron chi connectivity index (χ0n) is 19.9. The molecule has 3 aromatic heterocycles. The van der Waals surface area contributed by atoms with Crippen LogP contribution >= 0.6 is 0 Å². The minimum absolute atomic E-state index is 0.0964. The Morgan fingerprint density at radius 2 is 2.06 bits per heavy atom. The molecule has 182 valence electrons. The van der Waals surface area contributed by atoms with Crippen molar-refractivity contribution in [3.8, 4) is 11.1 Å². The van der Waals surface area contributed by atoms with Crippen molar-refractivity contribution in [2.75, 3.05) is 37.6 Å². The van der Waals surface area contributed by atoms with Gasteiger partial charge in [0.25, 0.3) is 0 Å². The van der Waals surface area contributed by atoms with Gasteiger partial charge in [0.05, 0.1) is 37.1 Å². The van der Waals surface area contributed by atoms with Crippen molar-refractivity contribution in [2.45, 2.75) is 63.1 Å². The number of pyridine rings is 1. The van der Waals surface area contributed by atoms with E-state index in [0.717, 1.165) is 66.9 Å². The average molecular weight is 467 g/mol. The molecule has 9 nitrogen and oxygen atoms in total. The van der Waals surface area contributed by atoms with Crippen LogP contribution in [0.5, 0.6) is 0 Å². The van der Waals surface area contributed by atoms with E-state index in [2.05, 4.69) is 32.7 Å². The second-order valence-electron chi connectivity index (χ2n) is 9.50. The summed E-state index contributed by atoms with van der Waals surface area (Å²) in [6.07, 6.45) is 8.07. The summed E-state index contributed by atoms with van der Waals surface area (Å²) in [5.41, 5.74) is 4.29. The lowest BCUT2D eigenvalue weighted by Crippen LogP contribution is -2.23. The smallest absolute Gasteiger partial charge is 0.241 e. The van der Waals surface area contributed by atoms with Crippen LogP contribution in [-0.2, 0) is 9.47 Å². The number of aliphatic hydroxyl groups excluding tert-OH is 1. The molecule has 1 saturated heterocycles. The zero-order chi connectivity index (χ0) is 23.5. The van der Waals surface area contributed by atoms with Gasteiger partial charge in [-0.25, -0.2) is 14.5 Å². The van der Waals surface area contributed by atoms with Crippen molar-refractivity contribution in [3.63, 3.8) is 0 Å². The summed E-state index contributed by atoms with van der Waals surface area (Å²) in [6, 6.07) is 6.76. The van der Waals surface area contributed by atoms with Crippen LogP contribution in [0.3, 0.4) is 0 Å². The van der Waals surface area contributed by atoms with Gasteiger partial charge in [-0.2, -0.15) is 0 Å². The predicted molar refractivity (Wildman–Crippen MR) is 131 cm³/mol. The molecule has 2 aliphatic rings. The summed E-state index contributed by atoms with van der Waals surface area (Å²) < 4.78 is 12.8. The van der Waals surface area contributed by atoms with Gasteiger partial charge in [0.1, 0.15) is 5.82 Å². The predicted octanol–water partition coefficient (Wildman–Crippen LogP) is 3.46. The van der Waals surface area contributed by atoms with Gasteiger partial charge >= 0.3 is 0 Å². The molecular weight excluding hydrogens is 432 g/mol. The lowest BCUT2D eigenvalue weighted by molar-refractivity contribution is 0.121. The van der Waals surface area contributed by atoms with Crippen LogP contribution in [0.1, 0.15) is 50.6 Å². The maximum Gasteiger partial charge on any atom is 0.241 e. The topological polar surface area (TPSA) is 106 Å². The Labute approximate surface area is 199 Å². The normalized spacial score (nSPS) is 23.8. The number of aromatic nitrogens is 4. The van der Waals surface area contributed by atoms with Gasteiger partial charge in [-0.1, -0.05) is 0 Å². The lowest BCUT2D eigenvalue weighted by atomic mass is 9.85. The summed E-state index contributed by atoms with van der Waals surface area (Å²) in [6.45, 7) is 4.12. The third-order valence-electron chi connectivity index (χ3n) is 6.80. The Kier molecular flexibility index (Phi) is 6.94. The highest BCUT2D eigenvalue weighted by Crippen LogP contribution is 2.38. The molecule has 0 spiro atoms. The Hall–Kier alpha value is -2.75. The number of ether oxygens (including phenoxy) is 2. The molecule has 5 rings (SSSR count). The number of rotatable bonds is 8. The number of anilines is 2. The van der Waals surface area contributed by atoms with E-state index in [4.69, 9.17) is 14.6 Å². The van der Waals surface area contributed by atoms with Crippen LogP contribution in [0.2, 0.25) is 0 Å². The van der Waals surface area contributed by atoms with E-state index < -0.39 is 0 Å². The number of fused-ring (bicyclic) bond motifs is 1. The molecule has 1 saturated carbocycles. The first-order chi connectivity index (χ1) is 16.6. The van der Waals surface area contributed by atoms with Gasteiger partial charge in [-0.3, -0.25) is 0 Å². The quantitative estimate of drug-likeness (QED) is 0.464. The fourth-order valence-electron chi connectivity index (χ4n) is 5.02. The molecule has 3 aromatic rings. The van der Waals surface area contributed by atoms with E-state index in [9.17, 15) is 5.11 Å². The van der Waals surface area contributed by atoms with E-state index >= 15 is 0 Å². The molecule has 2 fully saturated rings. The molecule has 0 amide bonds. The van der Waals surface area contributed by atoms with Gasteiger partial charge in [0.2, 0.25) is 5.95 Å². The maximum atomic E-state index is 10.0. The zero-order valence-corrected chi connectivity index (χ0v) is 19.9. The molecule has 0 radical (unpaired) electrons. The van der Waals surface area contributed by atoms with E-state index in [1.165, 1.54) is 0 Å². The van der Waals surface area contributed by atoms with Crippen molar-refractivity contribution in [3.05, 3.63) is 36.3 Å². The Bertz CT molecular complexity index is 1110. The fourth-order valence-corrected chi connectivity index (χ4v) is 5.02. The second kappa shape index (κ2) is 10.2. The second-order valence-corrected chi connectivity index (χ2v) is 9.50. The van der Waals surface area contributed by atoms with Gasteiger partial charge in [-0.15, -0.1) is 5.10 Å². The number of hydrogen-bond donors (Lipinski definition) is 3. The van der Waals surface area contributed by atoms with Gasteiger partial charge < -0.3 is 25.2 Å². The Balaban J connectivity index is 1.51. The van der Waals surface area contributed by atoms with Crippen molar-refractivity contribution < 1.29 is 14.6 Å². The first-order valence-electron chi connectivity index (χ1n) is 12.2.